The van der Waals surface area contributed by atoms with E-state index in [0.717, 1.165) is 53.3 Å². The van der Waals surface area contributed by atoms with Crippen molar-refractivity contribution in [3.05, 3.63) is 53.5 Å². The number of hydrogen-bond acceptors (Lipinski definition) is 4. The second-order valence-electron chi connectivity index (χ2n) is 8.43. The summed E-state index contributed by atoms with van der Waals surface area (Å²) in [5.74, 6) is 0.810. The molecule has 2 aromatic carbocycles. The van der Waals surface area contributed by atoms with Crippen LogP contribution in [0.1, 0.15) is 49.3 Å². The first-order chi connectivity index (χ1) is 14.6. The van der Waals surface area contributed by atoms with Crippen LogP contribution >= 0.6 is 0 Å². The van der Waals surface area contributed by atoms with Crippen molar-refractivity contribution in [1.82, 2.24) is 4.98 Å². The molecule has 156 valence electrons. The second-order valence-corrected chi connectivity index (χ2v) is 8.43. The summed E-state index contributed by atoms with van der Waals surface area (Å²) in [4.78, 5) is 5.03. The van der Waals surface area contributed by atoms with Gasteiger partial charge in [0.05, 0.1) is 5.69 Å². The lowest BCUT2D eigenvalue weighted by atomic mass is 9.87. The molecular formula is C25H26FNO3. The minimum Gasteiger partial charge on any atom is -0.508 e. The first-order valence-corrected chi connectivity index (χ1v) is 10.8. The predicted octanol–water partition coefficient (Wildman–Crippen LogP) is 5.88. The Labute approximate surface area is 175 Å². The Hall–Kier alpha value is -2.66. The van der Waals surface area contributed by atoms with Crippen molar-refractivity contribution in [2.24, 2.45) is 0 Å². The largest absolute Gasteiger partial charge is 0.508 e. The maximum atomic E-state index is 14.0. The number of rotatable bonds is 4. The highest BCUT2D eigenvalue weighted by atomic mass is 19.1. The SMILES string of the molecule is Cc1cc(-c2c(C3CCOCC3)nc(OC3CCC3)c3cc(O)ccc23)ccc1F. The molecule has 0 spiro atoms. The molecule has 0 atom stereocenters. The number of halogens is 1. The summed E-state index contributed by atoms with van der Waals surface area (Å²) in [6.07, 6.45) is 5.22. The summed E-state index contributed by atoms with van der Waals surface area (Å²) in [6, 6.07) is 10.6. The number of aryl methyl sites for hydroxylation is 1. The Kier molecular flexibility index (Phi) is 5.07. The van der Waals surface area contributed by atoms with Crippen molar-refractivity contribution in [3.63, 3.8) is 0 Å². The van der Waals surface area contributed by atoms with E-state index in [2.05, 4.69) is 0 Å². The van der Waals surface area contributed by atoms with E-state index < -0.39 is 0 Å². The van der Waals surface area contributed by atoms with Crippen molar-refractivity contribution >= 4 is 10.8 Å². The molecule has 5 rings (SSSR count). The fourth-order valence-electron chi connectivity index (χ4n) is 4.40. The van der Waals surface area contributed by atoms with Crippen LogP contribution in [0.3, 0.4) is 0 Å². The molecule has 5 heteroatoms. The van der Waals surface area contributed by atoms with Crippen LogP contribution in [0, 0.1) is 12.7 Å². The zero-order chi connectivity index (χ0) is 20.7. The van der Waals surface area contributed by atoms with Crippen molar-refractivity contribution in [3.8, 4) is 22.8 Å². The molecule has 1 aliphatic carbocycles. The van der Waals surface area contributed by atoms with E-state index in [9.17, 15) is 9.50 Å². The fraction of sp³-hybridized carbons (Fsp3) is 0.400. The van der Waals surface area contributed by atoms with E-state index in [-0.39, 0.29) is 23.6 Å². The van der Waals surface area contributed by atoms with Gasteiger partial charge in [0.1, 0.15) is 17.7 Å². The van der Waals surface area contributed by atoms with Crippen molar-refractivity contribution in [1.29, 1.82) is 0 Å². The van der Waals surface area contributed by atoms with Gasteiger partial charge in [0.15, 0.2) is 0 Å². The maximum Gasteiger partial charge on any atom is 0.222 e. The van der Waals surface area contributed by atoms with Gasteiger partial charge in [-0.1, -0.05) is 6.07 Å². The number of ether oxygens (including phenoxy) is 2. The van der Waals surface area contributed by atoms with Gasteiger partial charge in [0, 0.05) is 30.1 Å². The van der Waals surface area contributed by atoms with Crippen LogP contribution < -0.4 is 4.74 Å². The molecule has 4 nitrogen and oxygen atoms in total. The lowest BCUT2D eigenvalue weighted by Crippen LogP contribution is -2.25. The van der Waals surface area contributed by atoms with Crippen LogP contribution in [0.15, 0.2) is 36.4 Å². The molecule has 0 bridgehead atoms. The third-order valence-corrected chi connectivity index (χ3v) is 6.37. The Morgan fingerprint density at radius 1 is 1.03 bits per heavy atom. The number of benzene rings is 2. The summed E-state index contributed by atoms with van der Waals surface area (Å²) in [5, 5.41) is 11.9. The van der Waals surface area contributed by atoms with Crippen LogP contribution in [0.2, 0.25) is 0 Å². The van der Waals surface area contributed by atoms with Crippen molar-refractivity contribution in [2.75, 3.05) is 13.2 Å². The van der Waals surface area contributed by atoms with Crippen LogP contribution in [-0.2, 0) is 4.74 Å². The van der Waals surface area contributed by atoms with Crippen molar-refractivity contribution < 1.29 is 19.0 Å². The molecule has 0 radical (unpaired) electrons. The van der Waals surface area contributed by atoms with E-state index in [1.54, 1.807) is 19.1 Å². The smallest absolute Gasteiger partial charge is 0.222 e. The molecule has 2 fully saturated rings. The lowest BCUT2D eigenvalue weighted by Gasteiger charge is -2.29. The fourth-order valence-corrected chi connectivity index (χ4v) is 4.40. The minimum absolute atomic E-state index is 0.183. The summed E-state index contributed by atoms with van der Waals surface area (Å²) in [5.41, 5.74) is 3.53. The first kappa shape index (κ1) is 19.3. The van der Waals surface area contributed by atoms with Crippen molar-refractivity contribution in [2.45, 2.75) is 51.0 Å². The number of phenolic OH excluding ortho intramolecular Hbond substituents is 1. The highest BCUT2D eigenvalue weighted by Gasteiger charge is 2.27. The summed E-state index contributed by atoms with van der Waals surface area (Å²) in [7, 11) is 0. The predicted molar refractivity (Wildman–Crippen MR) is 115 cm³/mol. The highest BCUT2D eigenvalue weighted by Crippen LogP contribution is 2.43. The molecule has 0 unspecified atom stereocenters. The Balaban J connectivity index is 1.76. The van der Waals surface area contributed by atoms with Gasteiger partial charge < -0.3 is 14.6 Å². The maximum absolute atomic E-state index is 14.0. The molecule has 3 aromatic rings. The van der Waals surface area contributed by atoms with E-state index in [4.69, 9.17) is 14.5 Å². The summed E-state index contributed by atoms with van der Waals surface area (Å²) in [6.45, 7) is 3.20. The molecule has 1 saturated carbocycles. The van der Waals surface area contributed by atoms with Gasteiger partial charge in [0.2, 0.25) is 5.88 Å². The van der Waals surface area contributed by atoms with Crippen LogP contribution in [0.25, 0.3) is 21.9 Å². The Morgan fingerprint density at radius 3 is 2.53 bits per heavy atom. The van der Waals surface area contributed by atoms with E-state index in [0.29, 0.717) is 24.7 Å². The third kappa shape index (κ3) is 3.52. The Bertz CT molecular complexity index is 1090. The standard InChI is InChI=1S/C25H26FNO3/c1-15-13-17(5-8-22(15)26)23-20-7-6-18(28)14-21(20)25(30-19-3-2-4-19)27-24(23)16-9-11-29-12-10-16/h5-8,13-14,16,19,28H,2-4,9-12H2,1H3. The number of phenols is 1. The molecule has 2 aliphatic rings. The average Bonchev–Trinajstić information content (AvgIpc) is 2.73. The van der Waals surface area contributed by atoms with Gasteiger partial charge in [-0.2, -0.15) is 0 Å². The van der Waals surface area contributed by atoms with Crippen LogP contribution in [0.5, 0.6) is 11.6 Å². The molecule has 30 heavy (non-hydrogen) atoms. The third-order valence-electron chi connectivity index (χ3n) is 6.37. The van der Waals surface area contributed by atoms with E-state index >= 15 is 0 Å². The average molecular weight is 407 g/mol. The van der Waals surface area contributed by atoms with Crippen LogP contribution in [0.4, 0.5) is 4.39 Å². The van der Waals surface area contributed by atoms with Gasteiger partial charge in [0.25, 0.3) is 0 Å². The van der Waals surface area contributed by atoms with Gasteiger partial charge in [-0.05, 0) is 85.9 Å². The highest BCUT2D eigenvalue weighted by molar-refractivity contribution is 6.01. The summed E-state index contributed by atoms with van der Waals surface area (Å²) < 4.78 is 25.9. The number of aromatic hydroxyl groups is 1. The number of hydrogen-bond donors (Lipinski definition) is 1. The molecule has 1 aliphatic heterocycles. The molecule has 1 aromatic heterocycles. The zero-order valence-corrected chi connectivity index (χ0v) is 17.2. The first-order valence-electron chi connectivity index (χ1n) is 10.8. The molecule has 1 saturated heterocycles. The van der Waals surface area contributed by atoms with Crippen LogP contribution in [-0.4, -0.2) is 29.4 Å². The molecule has 0 amide bonds. The topological polar surface area (TPSA) is 51.6 Å². The summed E-state index contributed by atoms with van der Waals surface area (Å²) >= 11 is 0. The zero-order valence-electron chi connectivity index (χ0n) is 17.2. The van der Waals surface area contributed by atoms with Gasteiger partial charge in [-0.25, -0.2) is 9.37 Å². The number of nitrogens with zero attached hydrogens (tertiary/aromatic N) is 1. The van der Waals surface area contributed by atoms with Gasteiger partial charge >= 0.3 is 0 Å². The van der Waals surface area contributed by atoms with E-state index in [1.807, 2.05) is 18.2 Å². The van der Waals surface area contributed by atoms with Gasteiger partial charge in [-0.3, -0.25) is 0 Å². The molecule has 1 N–H and O–H groups in total. The molecule has 2 heterocycles. The number of pyridine rings is 1. The monoisotopic (exact) mass is 407 g/mol. The normalized spacial score (nSPS) is 17.8. The minimum atomic E-state index is -0.216. The molecular weight excluding hydrogens is 381 g/mol. The lowest BCUT2D eigenvalue weighted by molar-refractivity contribution is 0.0838. The second kappa shape index (κ2) is 7.88. The Morgan fingerprint density at radius 2 is 1.83 bits per heavy atom. The number of aromatic nitrogens is 1. The number of fused-ring (bicyclic) bond motifs is 1. The van der Waals surface area contributed by atoms with E-state index in [1.165, 1.54) is 12.5 Å². The van der Waals surface area contributed by atoms with Gasteiger partial charge in [-0.15, -0.1) is 0 Å². The quantitative estimate of drug-likeness (QED) is 0.587.